The predicted molar refractivity (Wildman–Crippen MR) is 73.5 cm³/mol. The van der Waals surface area contributed by atoms with E-state index in [4.69, 9.17) is 0 Å². The summed E-state index contributed by atoms with van der Waals surface area (Å²) in [5.41, 5.74) is 0.953. The van der Waals surface area contributed by atoms with Crippen LogP contribution < -0.4 is 5.32 Å². The van der Waals surface area contributed by atoms with E-state index in [0.717, 1.165) is 12.8 Å². The van der Waals surface area contributed by atoms with Crippen molar-refractivity contribution in [2.45, 2.75) is 32.3 Å². The SMILES string of the molecule is Cc1ccc([N+](=O)[O-])cc1C(=O)NCC1CCC(O)C1. The van der Waals surface area contributed by atoms with E-state index < -0.39 is 4.92 Å². The van der Waals surface area contributed by atoms with Crippen molar-refractivity contribution < 1.29 is 14.8 Å². The van der Waals surface area contributed by atoms with Gasteiger partial charge in [-0.05, 0) is 37.7 Å². The number of carbonyl (C=O) groups is 1. The van der Waals surface area contributed by atoms with Gasteiger partial charge in [0.25, 0.3) is 11.6 Å². The van der Waals surface area contributed by atoms with Crippen LogP contribution in [0, 0.1) is 23.0 Å². The third-order valence-corrected chi connectivity index (χ3v) is 3.74. The highest BCUT2D eigenvalue weighted by Gasteiger charge is 2.23. The molecule has 1 aliphatic rings. The van der Waals surface area contributed by atoms with Gasteiger partial charge in [0.1, 0.15) is 0 Å². The lowest BCUT2D eigenvalue weighted by molar-refractivity contribution is -0.384. The lowest BCUT2D eigenvalue weighted by Crippen LogP contribution is -2.29. The van der Waals surface area contributed by atoms with Gasteiger partial charge in [0.05, 0.1) is 11.0 Å². The molecular weight excluding hydrogens is 260 g/mol. The average Bonchev–Trinajstić information content (AvgIpc) is 2.82. The first-order valence-electron chi connectivity index (χ1n) is 6.68. The molecule has 0 saturated heterocycles. The molecular formula is C14H18N2O4. The Morgan fingerprint density at radius 2 is 2.25 bits per heavy atom. The summed E-state index contributed by atoms with van der Waals surface area (Å²) in [4.78, 5) is 22.3. The Bertz CT molecular complexity index is 530. The molecule has 6 heteroatoms. The Balaban J connectivity index is 2.01. The lowest BCUT2D eigenvalue weighted by Gasteiger charge is -2.12. The maximum atomic E-state index is 12.1. The van der Waals surface area contributed by atoms with Crippen LogP contribution in [0.4, 0.5) is 5.69 Å². The molecule has 1 amide bonds. The van der Waals surface area contributed by atoms with Gasteiger partial charge in [-0.1, -0.05) is 6.07 Å². The fourth-order valence-corrected chi connectivity index (χ4v) is 2.53. The number of carbonyl (C=O) groups excluding carboxylic acids is 1. The maximum Gasteiger partial charge on any atom is 0.270 e. The Morgan fingerprint density at radius 1 is 1.50 bits per heavy atom. The molecule has 2 rings (SSSR count). The van der Waals surface area contributed by atoms with Gasteiger partial charge in [-0.25, -0.2) is 0 Å². The number of rotatable bonds is 4. The standard InChI is InChI=1S/C14H18N2O4/c1-9-2-4-11(16(19)20)7-13(9)14(18)15-8-10-3-5-12(17)6-10/h2,4,7,10,12,17H,3,5-6,8H2,1H3,(H,15,18). The van der Waals surface area contributed by atoms with Crippen molar-refractivity contribution in [3.05, 3.63) is 39.4 Å². The second-order valence-electron chi connectivity index (χ2n) is 5.30. The molecule has 108 valence electrons. The first-order chi connectivity index (χ1) is 9.47. The number of nitrogens with zero attached hydrogens (tertiary/aromatic N) is 1. The van der Waals surface area contributed by atoms with Crippen LogP contribution in [0.1, 0.15) is 35.2 Å². The van der Waals surface area contributed by atoms with Crippen LogP contribution in [0.15, 0.2) is 18.2 Å². The summed E-state index contributed by atoms with van der Waals surface area (Å²) in [5, 5.41) is 23.0. The van der Waals surface area contributed by atoms with E-state index in [0.29, 0.717) is 24.1 Å². The number of aryl methyl sites for hydroxylation is 1. The van der Waals surface area contributed by atoms with E-state index in [1.54, 1.807) is 13.0 Å². The van der Waals surface area contributed by atoms with Crippen molar-refractivity contribution in [1.82, 2.24) is 5.32 Å². The molecule has 1 saturated carbocycles. The number of amides is 1. The molecule has 1 aromatic rings. The molecule has 1 fully saturated rings. The minimum Gasteiger partial charge on any atom is -0.393 e. The molecule has 0 aromatic heterocycles. The minimum absolute atomic E-state index is 0.0861. The molecule has 0 heterocycles. The number of hydrogen-bond donors (Lipinski definition) is 2. The highest BCUT2D eigenvalue weighted by molar-refractivity contribution is 5.96. The second-order valence-corrected chi connectivity index (χ2v) is 5.30. The zero-order valence-corrected chi connectivity index (χ0v) is 11.3. The second kappa shape index (κ2) is 6.00. The third kappa shape index (κ3) is 3.33. The van der Waals surface area contributed by atoms with Crippen LogP contribution in [0.5, 0.6) is 0 Å². The van der Waals surface area contributed by atoms with Gasteiger partial charge in [0, 0.05) is 24.2 Å². The smallest absolute Gasteiger partial charge is 0.270 e. The largest absolute Gasteiger partial charge is 0.393 e. The number of aliphatic hydroxyl groups excluding tert-OH is 1. The Kier molecular flexibility index (Phi) is 4.34. The number of nitro groups is 1. The predicted octanol–water partition coefficient (Wildman–Crippen LogP) is 1.79. The Morgan fingerprint density at radius 3 is 2.85 bits per heavy atom. The van der Waals surface area contributed by atoms with Crippen LogP contribution in [-0.4, -0.2) is 28.6 Å². The number of benzene rings is 1. The Hall–Kier alpha value is -1.95. The summed E-state index contributed by atoms with van der Waals surface area (Å²) in [6, 6.07) is 4.26. The van der Waals surface area contributed by atoms with Crippen molar-refractivity contribution in [1.29, 1.82) is 0 Å². The minimum atomic E-state index is -0.510. The van der Waals surface area contributed by atoms with Gasteiger partial charge in [-0.2, -0.15) is 0 Å². The van der Waals surface area contributed by atoms with E-state index >= 15 is 0 Å². The molecule has 0 aliphatic heterocycles. The molecule has 6 nitrogen and oxygen atoms in total. The summed E-state index contributed by atoms with van der Waals surface area (Å²) in [6.07, 6.45) is 2.11. The van der Waals surface area contributed by atoms with Crippen LogP contribution in [0.2, 0.25) is 0 Å². The topological polar surface area (TPSA) is 92.5 Å². The van der Waals surface area contributed by atoms with E-state index in [-0.39, 0.29) is 23.6 Å². The van der Waals surface area contributed by atoms with Gasteiger partial charge in [-0.3, -0.25) is 14.9 Å². The first kappa shape index (κ1) is 14.5. The monoisotopic (exact) mass is 278 g/mol. The van der Waals surface area contributed by atoms with Crippen LogP contribution in [-0.2, 0) is 0 Å². The van der Waals surface area contributed by atoms with Gasteiger partial charge in [0.2, 0.25) is 0 Å². The molecule has 20 heavy (non-hydrogen) atoms. The number of nitrogens with one attached hydrogen (secondary N) is 1. The molecule has 2 N–H and O–H groups in total. The highest BCUT2D eigenvalue weighted by Crippen LogP contribution is 2.24. The molecule has 2 atom stereocenters. The molecule has 2 unspecified atom stereocenters. The summed E-state index contributed by atoms with van der Waals surface area (Å²) >= 11 is 0. The molecule has 0 spiro atoms. The van der Waals surface area contributed by atoms with Gasteiger partial charge in [0.15, 0.2) is 0 Å². The van der Waals surface area contributed by atoms with E-state index in [9.17, 15) is 20.0 Å². The van der Waals surface area contributed by atoms with Crippen molar-refractivity contribution in [3.63, 3.8) is 0 Å². The highest BCUT2D eigenvalue weighted by atomic mass is 16.6. The normalized spacial score (nSPS) is 21.7. The zero-order valence-electron chi connectivity index (χ0n) is 11.3. The number of hydrogen-bond acceptors (Lipinski definition) is 4. The fraction of sp³-hybridized carbons (Fsp3) is 0.500. The van der Waals surface area contributed by atoms with Crippen LogP contribution in [0.3, 0.4) is 0 Å². The quantitative estimate of drug-likeness (QED) is 0.648. The number of aliphatic hydroxyl groups is 1. The summed E-state index contributed by atoms with van der Waals surface area (Å²) in [7, 11) is 0. The first-order valence-corrected chi connectivity index (χ1v) is 6.68. The van der Waals surface area contributed by atoms with Crippen LogP contribution in [0.25, 0.3) is 0 Å². The van der Waals surface area contributed by atoms with Crippen molar-refractivity contribution in [3.8, 4) is 0 Å². The number of non-ortho nitro benzene ring substituents is 1. The van der Waals surface area contributed by atoms with E-state index in [2.05, 4.69) is 5.32 Å². The van der Waals surface area contributed by atoms with Crippen molar-refractivity contribution >= 4 is 11.6 Å². The Labute approximate surface area is 117 Å². The lowest BCUT2D eigenvalue weighted by atomic mass is 10.1. The fourth-order valence-electron chi connectivity index (χ4n) is 2.53. The molecule has 0 radical (unpaired) electrons. The molecule has 0 bridgehead atoms. The molecule has 1 aromatic carbocycles. The van der Waals surface area contributed by atoms with E-state index in [1.807, 2.05) is 0 Å². The van der Waals surface area contributed by atoms with Crippen LogP contribution >= 0.6 is 0 Å². The summed E-state index contributed by atoms with van der Waals surface area (Å²) in [6.45, 7) is 2.25. The van der Waals surface area contributed by atoms with Crippen molar-refractivity contribution in [2.75, 3.05) is 6.54 Å². The number of nitro benzene ring substituents is 1. The van der Waals surface area contributed by atoms with Crippen molar-refractivity contribution in [2.24, 2.45) is 5.92 Å². The van der Waals surface area contributed by atoms with Gasteiger partial charge >= 0.3 is 0 Å². The maximum absolute atomic E-state index is 12.1. The van der Waals surface area contributed by atoms with Gasteiger partial charge in [-0.15, -0.1) is 0 Å². The summed E-state index contributed by atoms with van der Waals surface area (Å²) < 4.78 is 0. The average molecular weight is 278 g/mol. The van der Waals surface area contributed by atoms with E-state index in [1.165, 1.54) is 12.1 Å². The molecule has 1 aliphatic carbocycles. The third-order valence-electron chi connectivity index (χ3n) is 3.74. The summed E-state index contributed by atoms with van der Waals surface area (Å²) in [5.74, 6) is -0.0134. The zero-order chi connectivity index (χ0) is 14.7. The van der Waals surface area contributed by atoms with Gasteiger partial charge < -0.3 is 10.4 Å².